The van der Waals surface area contributed by atoms with E-state index < -0.39 is 42.9 Å². The van der Waals surface area contributed by atoms with Crippen LogP contribution in [-0.4, -0.2) is 75.0 Å². The van der Waals surface area contributed by atoms with E-state index in [-0.39, 0.29) is 22.5 Å². The smallest absolute Gasteiger partial charge is 0.186 e. The molecule has 8 nitrogen and oxygen atoms in total. The predicted octanol–water partition coefficient (Wildman–Crippen LogP) is 4.52. The van der Waals surface area contributed by atoms with E-state index in [0.717, 1.165) is 32.1 Å². The van der Waals surface area contributed by atoms with Gasteiger partial charge in [-0.15, -0.1) is 0 Å². The summed E-state index contributed by atoms with van der Waals surface area (Å²) in [5.41, 5.74) is -0.499. The van der Waals surface area contributed by atoms with E-state index in [1.807, 2.05) is 0 Å². The molecule has 8 heteroatoms. The maximum Gasteiger partial charge on any atom is 0.186 e. The van der Waals surface area contributed by atoms with Crippen LogP contribution >= 0.6 is 0 Å². The Kier molecular flexibility index (Phi) is 8.26. The van der Waals surface area contributed by atoms with Crippen molar-refractivity contribution in [3.63, 3.8) is 0 Å². The van der Waals surface area contributed by atoms with Crippen LogP contribution in [-0.2, 0) is 19.2 Å². The molecule has 240 valence electrons. The largest absolute Gasteiger partial charge is 0.394 e. The second-order valence-electron chi connectivity index (χ2n) is 15.9. The topological polar surface area (TPSA) is 118 Å². The first-order valence-corrected chi connectivity index (χ1v) is 16.8. The van der Waals surface area contributed by atoms with Crippen molar-refractivity contribution >= 4 is 0 Å². The molecule has 4 N–H and O–H groups in total. The summed E-state index contributed by atoms with van der Waals surface area (Å²) >= 11 is 0. The molecule has 0 radical (unpaired) electrons. The molecule has 0 aromatic carbocycles. The number of hydrogen-bond acceptors (Lipinski definition) is 8. The Hall–Kier alpha value is -0.580. The van der Waals surface area contributed by atoms with Gasteiger partial charge in [0.15, 0.2) is 6.29 Å². The van der Waals surface area contributed by atoms with E-state index in [9.17, 15) is 20.4 Å². The molecule has 15 unspecified atom stereocenters. The molecule has 4 saturated carbocycles. The number of hydrogen-bond donors (Lipinski definition) is 4. The van der Waals surface area contributed by atoms with Crippen molar-refractivity contribution in [1.29, 1.82) is 0 Å². The van der Waals surface area contributed by atoms with Gasteiger partial charge in [0.2, 0.25) is 0 Å². The summed E-state index contributed by atoms with van der Waals surface area (Å²) in [5.74, 6) is 3.37. The van der Waals surface area contributed by atoms with Gasteiger partial charge >= 0.3 is 0 Å². The Morgan fingerprint density at radius 3 is 2.26 bits per heavy atom. The van der Waals surface area contributed by atoms with Gasteiger partial charge in [-0.25, -0.2) is 9.78 Å². The molecule has 3 aliphatic heterocycles. The van der Waals surface area contributed by atoms with Crippen LogP contribution < -0.4 is 0 Å². The number of allylic oxidation sites excluding steroid dienone is 2. The van der Waals surface area contributed by atoms with Crippen LogP contribution in [0.4, 0.5) is 0 Å². The molecule has 42 heavy (non-hydrogen) atoms. The van der Waals surface area contributed by atoms with Crippen LogP contribution in [0.25, 0.3) is 0 Å². The fraction of sp³-hybridized carbons (Fsp3) is 0.941. The fourth-order valence-electron chi connectivity index (χ4n) is 10.8. The average Bonchev–Trinajstić information content (AvgIpc) is 3.33. The summed E-state index contributed by atoms with van der Waals surface area (Å²) in [6, 6.07) is 0. The molecule has 7 aliphatic rings. The summed E-state index contributed by atoms with van der Waals surface area (Å²) in [4.78, 5) is 13.3. The first kappa shape index (κ1) is 31.4. The molecule has 0 aromatic rings. The molecule has 7 rings (SSSR count). The summed E-state index contributed by atoms with van der Waals surface area (Å²) in [6.07, 6.45) is 7.47. The third kappa shape index (κ3) is 4.52. The minimum Gasteiger partial charge on any atom is -0.394 e. The lowest BCUT2D eigenvalue weighted by Crippen LogP contribution is -2.75. The predicted molar refractivity (Wildman–Crippen MR) is 157 cm³/mol. The highest BCUT2D eigenvalue weighted by atomic mass is 17.2. The quantitative estimate of drug-likeness (QED) is 0.194. The standard InChI is InChI=1S/C34H56O8/c1-19(2)20(3)7-8-21(4)23-9-10-25-31(23,5)13-12-26-32(6)14-11-22(17-33(32)15-16-34(25,26)42-41-33)39-30-29(38)28(37)27(36)24(18-35)40-30/h7-8,19-30,35-38H,9-18H2,1-6H3. The Labute approximate surface area is 252 Å². The van der Waals surface area contributed by atoms with E-state index in [4.69, 9.17) is 19.2 Å². The van der Waals surface area contributed by atoms with Crippen molar-refractivity contribution in [2.45, 2.75) is 147 Å². The number of rotatable bonds is 7. The van der Waals surface area contributed by atoms with Crippen molar-refractivity contribution in [2.75, 3.05) is 6.61 Å². The third-order valence-corrected chi connectivity index (χ3v) is 13.8. The van der Waals surface area contributed by atoms with Crippen molar-refractivity contribution in [3.05, 3.63) is 12.2 Å². The minimum atomic E-state index is -1.44. The first-order chi connectivity index (χ1) is 19.8. The molecular formula is C34H56O8. The lowest BCUT2D eigenvalue weighted by molar-refractivity contribution is -0.537. The van der Waals surface area contributed by atoms with Crippen LogP contribution in [0.2, 0.25) is 0 Å². The second-order valence-corrected chi connectivity index (χ2v) is 15.9. The zero-order valence-electron chi connectivity index (χ0n) is 26.6. The highest BCUT2D eigenvalue weighted by Gasteiger charge is 2.76. The zero-order chi connectivity index (χ0) is 30.2. The highest BCUT2D eigenvalue weighted by molar-refractivity contribution is 5.23. The van der Waals surface area contributed by atoms with Gasteiger partial charge in [-0.05, 0) is 92.3 Å². The minimum absolute atomic E-state index is 0.0314. The summed E-state index contributed by atoms with van der Waals surface area (Å²) < 4.78 is 11.9. The van der Waals surface area contributed by atoms with Crippen LogP contribution in [0.1, 0.15) is 99.3 Å². The molecule has 7 fully saturated rings. The Balaban J connectivity index is 1.18. The van der Waals surface area contributed by atoms with Gasteiger partial charge in [0.05, 0.1) is 12.7 Å². The van der Waals surface area contributed by atoms with Crippen LogP contribution in [0.5, 0.6) is 0 Å². The zero-order valence-corrected chi connectivity index (χ0v) is 26.6. The maximum atomic E-state index is 10.6. The van der Waals surface area contributed by atoms with Gasteiger partial charge in [0.1, 0.15) is 35.6 Å². The number of aliphatic hydroxyl groups excluding tert-OH is 4. The van der Waals surface area contributed by atoms with E-state index in [2.05, 4.69) is 53.7 Å². The number of fused-ring (bicyclic) bond motifs is 3. The van der Waals surface area contributed by atoms with Gasteiger partial charge in [0, 0.05) is 11.8 Å². The molecule has 4 aliphatic carbocycles. The van der Waals surface area contributed by atoms with Crippen LogP contribution in [0, 0.1) is 46.3 Å². The normalized spacial score (nSPS) is 53.5. The van der Waals surface area contributed by atoms with Gasteiger partial charge in [0.25, 0.3) is 0 Å². The SMILES string of the molecule is CC(C)C(C)C=CC(C)C1CCC2C1(C)CCC1C23CCC2(CC(OC4OC(CO)C(O)C(O)C4O)CCC12C)OO3. The Bertz CT molecular complexity index is 1010. The van der Waals surface area contributed by atoms with Gasteiger partial charge < -0.3 is 29.9 Å². The highest BCUT2D eigenvalue weighted by Crippen LogP contribution is 2.74. The molecule has 3 heterocycles. The van der Waals surface area contributed by atoms with E-state index in [1.165, 1.54) is 19.3 Å². The van der Waals surface area contributed by atoms with Gasteiger partial charge in [-0.1, -0.05) is 53.7 Å². The average molecular weight is 593 g/mol. The maximum absolute atomic E-state index is 10.6. The van der Waals surface area contributed by atoms with Crippen LogP contribution in [0.15, 0.2) is 12.2 Å². The molecule has 15 atom stereocenters. The lowest BCUT2D eigenvalue weighted by atomic mass is 9.40. The molecule has 3 saturated heterocycles. The van der Waals surface area contributed by atoms with Gasteiger partial charge in [-0.3, -0.25) is 0 Å². The van der Waals surface area contributed by atoms with Crippen molar-refractivity contribution in [1.82, 2.24) is 0 Å². The second kappa shape index (κ2) is 11.0. The number of ether oxygens (including phenoxy) is 2. The summed E-state index contributed by atoms with van der Waals surface area (Å²) in [5, 5.41) is 40.6. The molecule has 0 amide bonds. The lowest BCUT2D eigenvalue weighted by Gasteiger charge is -2.72. The first-order valence-electron chi connectivity index (χ1n) is 16.8. The summed E-state index contributed by atoms with van der Waals surface area (Å²) in [7, 11) is 0. The van der Waals surface area contributed by atoms with E-state index in [1.54, 1.807) is 0 Å². The molecular weight excluding hydrogens is 536 g/mol. The van der Waals surface area contributed by atoms with E-state index in [0.29, 0.717) is 41.9 Å². The van der Waals surface area contributed by atoms with Crippen LogP contribution in [0.3, 0.4) is 0 Å². The van der Waals surface area contributed by atoms with Crippen molar-refractivity contribution in [2.24, 2.45) is 46.3 Å². The van der Waals surface area contributed by atoms with Gasteiger partial charge in [-0.2, -0.15) is 0 Å². The Morgan fingerprint density at radius 2 is 1.60 bits per heavy atom. The molecule has 2 bridgehead atoms. The fourth-order valence-corrected chi connectivity index (χ4v) is 10.8. The summed E-state index contributed by atoms with van der Waals surface area (Å²) in [6.45, 7) is 13.8. The Morgan fingerprint density at radius 1 is 0.833 bits per heavy atom. The number of aliphatic hydroxyl groups is 4. The monoisotopic (exact) mass is 592 g/mol. The van der Waals surface area contributed by atoms with E-state index >= 15 is 0 Å². The van der Waals surface area contributed by atoms with Crippen molar-refractivity contribution < 1.29 is 39.7 Å². The molecule has 2 spiro atoms. The third-order valence-electron chi connectivity index (χ3n) is 13.8. The van der Waals surface area contributed by atoms with Crippen molar-refractivity contribution in [3.8, 4) is 0 Å². The molecule has 0 aromatic heterocycles.